The minimum absolute atomic E-state index is 0.750. The summed E-state index contributed by atoms with van der Waals surface area (Å²) in [6.45, 7) is 1.58. The number of benzene rings is 3. The molecule has 23 heavy (non-hydrogen) atoms. The van der Waals surface area contributed by atoms with Crippen LogP contribution < -0.4 is 10.1 Å². The first-order valence-electron chi connectivity index (χ1n) is 7.61. The van der Waals surface area contributed by atoms with Crippen LogP contribution in [0.5, 0.6) is 11.5 Å². The van der Waals surface area contributed by atoms with Crippen LogP contribution in [0.15, 0.2) is 83.8 Å². The Balaban J connectivity index is 1.63. The summed E-state index contributed by atoms with van der Waals surface area (Å²) in [6, 6.07) is 26.1. The number of para-hydroxylation sites is 1. The van der Waals surface area contributed by atoms with Gasteiger partial charge in [-0.2, -0.15) is 0 Å². The van der Waals surface area contributed by atoms with Crippen molar-refractivity contribution in [2.24, 2.45) is 0 Å². The summed E-state index contributed by atoms with van der Waals surface area (Å²) in [7, 11) is 0. The van der Waals surface area contributed by atoms with E-state index in [9.17, 15) is 0 Å². The second-order valence-corrected chi connectivity index (χ2v) is 5.78. The number of ether oxygens (including phenoxy) is 1. The molecule has 0 aromatic heterocycles. The normalized spacial score (nSPS) is 10.5. The smallest absolute Gasteiger partial charge is 0.127 e. The molecule has 116 valence electrons. The molecule has 0 spiro atoms. The molecule has 3 heteroatoms. The molecule has 0 amide bonds. The average Bonchev–Trinajstić information content (AvgIpc) is 2.59. The van der Waals surface area contributed by atoms with Crippen LogP contribution in [0.3, 0.4) is 0 Å². The molecule has 0 saturated heterocycles. The van der Waals surface area contributed by atoms with E-state index in [0.717, 1.165) is 35.0 Å². The van der Waals surface area contributed by atoms with Crippen LogP contribution in [0.25, 0.3) is 0 Å². The summed E-state index contributed by atoms with van der Waals surface area (Å²) in [5.74, 6) is 1.66. The van der Waals surface area contributed by atoms with Gasteiger partial charge in [0.15, 0.2) is 0 Å². The minimum Gasteiger partial charge on any atom is -0.457 e. The Kier molecular flexibility index (Phi) is 5.35. The van der Waals surface area contributed by atoms with Gasteiger partial charge in [-0.05, 0) is 41.5 Å². The summed E-state index contributed by atoms with van der Waals surface area (Å²) < 4.78 is 5.88. The van der Waals surface area contributed by atoms with Gasteiger partial charge in [0.25, 0.3) is 0 Å². The molecule has 3 rings (SSSR count). The third kappa shape index (κ3) is 4.62. The molecule has 0 radical (unpaired) electrons. The first-order valence-corrected chi connectivity index (χ1v) is 8.05. The standard InChI is InChI=1S/C20H19NOS/c23-20-12-11-19(22-18-9-5-2-6-10-18)13-17(20)15-21-14-16-7-3-1-4-8-16/h1-13,21,23H,14-15H2. The van der Waals surface area contributed by atoms with Crippen LogP contribution in [-0.4, -0.2) is 0 Å². The zero-order chi connectivity index (χ0) is 15.9. The Hall–Kier alpha value is -2.23. The van der Waals surface area contributed by atoms with Crippen LogP contribution in [0, 0.1) is 0 Å². The van der Waals surface area contributed by atoms with Crippen molar-refractivity contribution in [1.82, 2.24) is 5.32 Å². The molecule has 2 nitrogen and oxygen atoms in total. The van der Waals surface area contributed by atoms with E-state index in [-0.39, 0.29) is 0 Å². The molecule has 0 aliphatic carbocycles. The van der Waals surface area contributed by atoms with E-state index in [1.807, 2.05) is 54.6 Å². The van der Waals surface area contributed by atoms with Gasteiger partial charge in [0.05, 0.1) is 0 Å². The van der Waals surface area contributed by atoms with Crippen molar-refractivity contribution < 1.29 is 4.74 Å². The molecule has 0 fully saturated rings. The quantitative estimate of drug-likeness (QED) is 0.619. The molecule has 0 saturated carbocycles. The zero-order valence-corrected chi connectivity index (χ0v) is 13.7. The number of nitrogens with one attached hydrogen (secondary N) is 1. The van der Waals surface area contributed by atoms with Crippen molar-refractivity contribution in [1.29, 1.82) is 0 Å². The number of rotatable bonds is 6. The lowest BCUT2D eigenvalue weighted by Gasteiger charge is -2.11. The molecule has 3 aromatic rings. The first-order chi connectivity index (χ1) is 11.3. The topological polar surface area (TPSA) is 21.3 Å². The van der Waals surface area contributed by atoms with Gasteiger partial charge >= 0.3 is 0 Å². The van der Waals surface area contributed by atoms with Gasteiger partial charge in [-0.25, -0.2) is 0 Å². The fraction of sp³-hybridized carbons (Fsp3) is 0.100. The summed E-state index contributed by atoms with van der Waals surface area (Å²) >= 11 is 4.54. The molecule has 0 aliphatic heterocycles. The maximum atomic E-state index is 5.88. The van der Waals surface area contributed by atoms with Gasteiger partial charge in [0.1, 0.15) is 11.5 Å². The third-order valence-corrected chi connectivity index (χ3v) is 3.95. The zero-order valence-electron chi connectivity index (χ0n) is 12.8. The second kappa shape index (κ2) is 7.86. The minimum atomic E-state index is 0.750. The average molecular weight is 321 g/mol. The van der Waals surface area contributed by atoms with Crippen LogP contribution in [0.2, 0.25) is 0 Å². The lowest BCUT2D eigenvalue weighted by atomic mass is 10.2. The molecular weight excluding hydrogens is 302 g/mol. The predicted molar refractivity (Wildman–Crippen MR) is 97.2 cm³/mol. The van der Waals surface area contributed by atoms with Crippen molar-refractivity contribution in [2.75, 3.05) is 0 Å². The van der Waals surface area contributed by atoms with E-state index >= 15 is 0 Å². The van der Waals surface area contributed by atoms with Gasteiger partial charge in [0, 0.05) is 18.0 Å². The molecule has 3 aromatic carbocycles. The fourth-order valence-electron chi connectivity index (χ4n) is 2.33. The number of thiol groups is 1. The highest BCUT2D eigenvalue weighted by molar-refractivity contribution is 7.80. The van der Waals surface area contributed by atoms with Crippen molar-refractivity contribution in [2.45, 2.75) is 18.0 Å². The highest BCUT2D eigenvalue weighted by atomic mass is 32.1. The molecule has 1 N–H and O–H groups in total. The van der Waals surface area contributed by atoms with Crippen LogP contribution in [-0.2, 0) is 13.1 Å². The van der Waals surface area contributed by atoms with Crippen molar-refractivity contribution in [3.8, 4) is 11.5 Å². The lowest BCUT2D eigenvalue weighted by molar-refractivity contribution is 0.481. The molecule has 0 atom stereocenters. The predicted octanol–water partition coefficient (Wildman–Crippen LogP) is 5.06. The van der Waals surface area contributed by atoms with E-state index in [0.29, 0.717) is 0 Å². The Morgan fingerprint density at radius 2 is 1.43 bits per heavy atom. The summed E-state index contributed by atoms with van der Waals surface area (Å²) in [6.07, 6.45) is 0. The first kappa shape index (κ1) is 15.7. The van der Waals surface area contributed by atoms with E-state index in [1.165, 1.54) is 5.56 Å². The Bertz CT molecular complexity index is 744. The number of hydrogen-bond acceptors (Lipinski definition) is 3. The van der Waals surface area contributed by atoms with Crippen molar-refractivity contribution >= 4 is 12.6 Å². The molecule has 0 aliphatic rings. The molecule has 0 unspecified atom stereocenters. The summed E-state index contributed by atoms with van der Waals surface area (Å²) in [4.78, 5) is 0.964. The highest BCUT2D eigenvalue weighted by Gasteiger charge is 2.03. The SMILES string of the molecule is Sc1ccc(Oc2ccccc2)cc1CNCc1ccccc1. The van der Waals surface area contributed by atoms with Crippen LogP contribution in [0.4, 0.5) is 0 Å². The largest absolute Gasteiger partial charge is 0.457 e. The fourth-order valence-corrected chi connectivity index (χ4v) is 2.55. The van der Waals surface area contributed by atoms with E-state index in [1.54, 1.807) is 0 Å². The Morgan fingerprint density at radius 3 is 2.17 bits per heavy atom. The summed E-state index contributed by atoms with van der Waals surface area (Å²) in [5, 5.41) is 3.45. The van der Waals surface area contributed by atoms with Gasteiger partial charge in [-0.15, -0.1) is 12.6 Å². The van der Waals surface area contributed by atoms with Crippen molar-refractivity contribution in [3.63, 3.8) is 0 Å². The maximum Gasteiger partial charge on any atom is 0.127 e. The monoisotopic (exact) mass is 321 g/mol. The van der Waals surface area contributed by atoms with E-state index in [4.69, 9.17) is 4.74 Å². The molecular formula is C20H19NOS. The lowest BCUT2D eigenvalue weighted by Crippen LogP contribution is -2.13. The number of hydrogen-bond donors (Lipinski definition) is 2. The third-order valence-electron chi connectivity index (χ3n) is 3.52. The van der Waals surface area contributed by atoms with Crippen molar-refractivity contribution in [3.05, 3.63) is 90.0 Å². The molecule has 0 heterocycles. The van der Waals surface area contributed by atoms with Gasteiger partial charge in [0.2, 0.25) is 0 Å². The van der Waals surface area contributed by atoms with E-state index < -0.39 is 0 Å². The van der Waals surface area contributed by atoms with E-state index in [2.05, 4.69) is 42.2 Å². The van der Waals surface area contributed by atoms with Crippen LogP contribution >= 0.6 is 12.6 Å². The van der Waals surface area contributed by atoms with Gasteiger partial charge < -0.3 is 10.1 Å². The molecule has 0 bridgehead atoms. The second-order valence-electron chi connectivity index (χ2n) is 5.29. The van der Waals surface area contributed by atoms with Crippen LogP contribution in [0.1, 0.15) is 11.1 Å². The summed E-state index contributed by atoms with van der Waals surface area (Å²) in [5.41, 5.74) is 2.39. The maximum absolute atomic E-state index is 5.88. The Labute approximate surface area is 142 Å². The Morgan fingerprint density at radius 1 is 0.739 bits per heavy atom. The van der Waals surface area contributed by atoms with Gasteiger partial charge in [-0.1, -0.05) is 48.5 Å². The van der Waals surface area contributed by atoms with Gasteiger partial charge in [-0.3, -0.25) is 0 Å². The highest BCUT2D eigenvalue weighted by Crippen LogP contribution is 2.25.